The summed E-state index contributed by atoms with van der Waals surface area (Å²) in [6.45, 7) is 9.36. The third kappa shape index (κ3) is 3.32. The third-order valence-corrected chi connectivity index (χ3v) is 4.77. The molecular formula is C18H22ClN3OS. The van der Waals surface area contributed by atoms with Gasteiger partial charge in [-0.05, 0) is 24.3 Å². The van der Waals surface area contributed by atoms with Gasteiger partial charge in [0, 0.05) is 28.6 Å². The number of halogens is 1. The molecule has 3 heterocycles. The van der Waals surface area contributed by atoms with Crippen LogP contribution in [0.3, 0.4) is 0 Å². The summed E-state index contributed by atoms with van der Waals surface area (Å²) in [4.78, 5) is 17.2. The number of amides is 1. The number of hydrogen-bond acceptors (Lipinski definition) is 4. The molecule has 0 fully saturated rings. The van der Waals surface area contributed by atoms with Crippen LogP contribution in [0.25, 0.3) is 21.0 Å². The highest BCUT2D eigenvalue weighted by Crippen LogP contribution is 2.40. The van der Waals surface area contributed by atoms with Gasteiger partial charge < -0.3 is 10.6 Å². The van der Waals surface area contributed by atoms with Gasteiger partial charge in [0.1, 0.15) is 10.0 Å². The molecule has 0 saturated heterocycles. The summed E-state index contributed by atoms with van der Waals surface area (Å²) in [5.41, 5.74) is 1.76. The lowest BCUT2D eigenvalue weighted by atomic mass is 10.1. The highest BCUT2D eigenvalue weighted by atomic mass is 35.5. The molecule has 4 nitrogen and oxygen atoms in total. The number of rotatable bonds is 0. The van der Waals surface area contributed by atoms with Gasteiger partial charge in [-0.1, -0.05) is 39.3 Å². The number of anilines is 1. The second-order valence-corrected chi connectivity index (χ2v) is 6.07. The van der Waals surface area contributed by atoms with Crippen LogP contribution in [0.1, 0.15) is 37.4 Å². The number of nitrogens with one attached hydrogen (secondary N) is 2. The number of benzene rings is 1. The number of thiophene rings is 1. The van der Waals surface area contributed by atoms with Crippen molar-refractivity contribution in [2.24, 2.45) is 0 Å². The summed E-state index contributed by atoms with van der Waals surface area (Å²) < 4.78 is 1.08. The first-order valence-electron chi connectivity index (χ1n) is 8.28. The first-order chi connectivity index (χ1) is 11.7. The monoisotopic (exact) mass is 363 g/mol. The Hall–Kier alpha value is -1.85. The Morgan fingerprint density at radius 2 is 1.75 bits per heavy atom. The van der Waals surface area contributed by atoms with E-state index >= 15 is 0 Å². The van der Waals surface area contributed by atoms with Crippen molar-refractivity contribution in [3.63, 3.8) is 0 Å². The molecule has 0 radical (unpaired) electrons. The van der Waals surface area contributed by atoms with Crippen LogP contribution in [-0.4, -0.2) is 24.0 Å². The molecule has 4 rings (SSSR count). The predicted octanol–water partition coefficient (Wildman–Crippen LogP) is 5.31. The van der Waals surface area contributed by atoms with Gasteiger partial charge in [-0.25, -0.2) is 4.98 Å². The zero-order valence-corrected chi connectivity index (χ0v) is 15.9. The summed E-state index contributed by atoms with van der Waals surface area (Å²) in [7, 11) is 0. The standard InChI is InChI=1S/C14H10ClN3OS.2C2H6/c15-10-4-1-7-8(18-10)2-3-9-11(7)12-13(20-9)14(19)17-6-5-16-12;2*1-2/h1-4,16H,5-6H2,(H,17,19);2*1-2H3. The Morgan fingerprint density at radius 3 is 2.50 bits per heavy atom. The molecule has 0 atom stereocenters. The van der Waals surface area contributed by atoms with Crippen LogP contribution in [0.4, 0.5) is 5.69 Å². The largest absolute Gasteiger partial charge is 0.381 e. The first kappa shape index (κ1) is 18.5. The van der Waals surface area contributed by atoms with Gasteiger partial charge in [-0.15, -0.1) is 11.3 Å². The van der Waals surface area contributed by atoms with Gasteiger partial charge in [0.15, 0.2) is 0 Å². The molecule has 1 aliphatic rings. The Labute approximate surface area is 151 Å². The number of aromatic nitrogens is 1. The molecule has 1 aromatic carbocycles. The maximum atomic E-state index is 12.1. The van der Waals surface area contributed by atoms with Crippen molar-refractivity contribution in [1.29, 1.82) is 0 Å². The van der Waals surface area contributed by atoms with Crippen LogP contribution in [0, 0.1) is 0 Å². The Kier molecular flexibility index (Phi) is 6.40. The second-order valence-electron chi connectivity index (χ2n) is 4.63. The molecule has 2 aromatic heterocycles. The number of nitrogens with zero attached hydrogens (tertiary/aromatic N) is 1. The van der Waals surface area contributed by atoms with Crippen LogP contribution in [-0.2, 0) is 0 Å². The maximum absolute atomic E-state index is 12.1. The van der Waals surface area contributed by atoms with Crippen LogP contribution in [0.15, 0.2) is 24.3 Å². The predicted molar refractivity (Wildman–Crippen MR) is 106 cm³/mol. The van der Waals surface area contributed by atoms with E-state index in [1.165, 1.54) is 11.3 Å². The van der Waals surface area contributed by atoms with Gasteiger partial charge in [0.25, 0.3) is 5.91 Å². The van der Waals surface area contributed by atoms with Crippen LogP contribution >= 0.6 is 22.9 Å². The average Bonchev–Trinajstić information content (AvgIpc) is 2.91. The van der Waals surface area contributed by atoms with E-state index in [9.17, 15) is 4.79 Å². The number of pyridine rings is 1. The first-order valence-corrected chi connectivity index (χ1v) is 9.47. The Balaban J connectivity index is 0.000000487. The van der Waals surface area contributed by atoms with Gasteiger partial charge in [-0.3, -0.25) is 4.79 Å². The maximum Gasteiger partial charge on any atom is 0.263 e. The van der Waals surface area contributed by atoms with Gasteiger partial charge in [0.2, 0.25) is 0 Å². The minimum absolute atomic E-state index is 0.0127. The second kappa shape index (κ2) is 8.31. The van der Waals surface area contributed by atoms with E-state index in [1.54, 1.807) is 6.07 Å². The number of hydrogen-bond donors (Lipinski definition) is 2. The van der Waals surface area contributed by atoms with Crippen molar-refractivity contribution in [3.05, 3.63) is 34.3 Å². The van der Waals surface area contributed by atoms with Gasteiger partial charge in [-0.2, -0.15) is 0 Å². The van der Waals surface area contributed by atoms with E-state index in [1.807, 2.05) is 45.9 Å². The zero-order chi connectivity index (χ0) is 17.7. The summed E-state index contributed by atoms with van der Waals surface area (Å²) in [6.07, 6.45) is 0. The van der Waals surface area contributed by atoms with Crippen molar-refractivity contribution >= 4 is 55.5 Å². The highest BCUT2D eigenvalue weighted by molar-refractivity contribution is 7.21. The fourth-order valence-electron chi connectivity index (χ4n) is 2.55. The van der Waals surface area contributed by atoms with Gasteiger partial charge >= 0.3 is 0 Å². The minimum Gasteiger partial charge on any atom is -0.381 e. The molecular weight excluding hydrogens is 342 g/mol. The molecule has 2 N–H and O–H groups in total. The minimum atomic E-state index is -0.0127. The van der Waals surface area contributed by atoms with Crippen molar-refractivity contribution in [1.82, 2.24) is 10.3 Å². The summed E-state index contributed by atoms with van der Waals surface area (Å²) in [6, 6.07) is 7.68. The molecule has 0 unspecified atom stereocenters. The van der Waals surface area contributed by atoms with Crippen molar-refractivity contribution in [2.45, 2.75) is 27.7 Å². The molecule has 24 heavy (non-hydrogen) atoms. The number of fused-ring (bicyclic) bond motifs is 5. The normalized spacial score (nSPS) is 12.8. The molecule has 0 spiro atoms. The highest BCUT2D eigenvalue weighted by Gasteiger charge is 2.22. The lowest BCUT2D eigenvalue weighted by molar-refractivity contribution is 0.0962. The number of carbonyl (C=O) groups is 1. The van der Waals surface area contributed by atoms with Crippen molar-refractivity contribution in [3.8, 4) is 0 Å². The average molecular weight is 364 g/mol. The van der Waals surface area contributed by atoms with E-state index in [0.717, 1.165) is 38.1 Å². The summed E-state index contributed by atoms with van der Waals surface area (Å²) >= 11 is 7.45. The molecule has 1 amide bonds. The van der Waals surface area contributed by atoms with E-state index in [0.29, 0.717) is 11.7 Å². The van der Waals surface area contributed by atoms with Crippen LogP contribution in [0.2, 0.25) is 5.15 Å². The van der Waals surface area contributed by atoms with E-state index in [4.69, 9.17) is 11.6 Å². The Morgan fingerprint density at radius 1 is 1.04 bits per heavy atom. The van der Waals surface area contributed by atoms with Crippen molar-refractivity contribution < 1.29 is 4.79 Å². The van der Waals surface area contributed by atoms with E-state index in [2.05, 4.69) is 15.6 Å². The zero-order valence-electron chi connectivity index (χ0n) is 14.4. The lowest BCUT2D eigenvalue weighted by Crippen LogP contribution is -2.24. The Bertz CT molecular complexity index is 860. The van der Waals surface area contributed by atoms with Crippen molar-refractivity contribution in [2.75, 3.05) is 18.4 Å². The molecule has 0 bridgehead atoms. The molecule has 0 saturated carbocycles. The van der Waals surface area contributed by atoms with Gasteiger partial charge in [0.05, 0.1) is 11.2 Å². The molecule has 6 heteroatoms. The van der Waals surface area contributed by atoms with Crippen LogP contribution in [0.5, 0.6) is 0 Å². The fourth-order valence-corrected chi connectivity index (χ4v) is 3.81. The quantitative estimate of drug-likeness (QED) is 0.532. The van der Waals surface area contributed by atoms with E-state index < -0.39 is 0 Å². The van der Waals surface area contributed by atoms with Crippen LogP contribution < -0.4 is 10.6 Å². The summed E-state index contributed by atoms with van der Waals surface area (Å²) in [5, 5.41) is 8.80. The molecule has 128 valence electrons. The number of carbonyl (C=O) groups excluding carboxylic acids is 1. The molecule has 0 aliphatic carbocycles. The fraction of sp³-hybridized carbons (Fsp3) is 0.333. The molecule has 1 aliphatic heterocycles. The molecule has 3 aromatic rings. The van der Waals surface area contributed by atoms with E-state index in [-0.39, 0.29) is 5.91 Å². The SMILES string of the molecule is CC.CC.O=C1NCCNc2c1sc1ccc3nc(Cl)ccc3c21. The smallest absolute Gasteiger partial charge is 0.263 e. The third-order valence-electron chi connectivity index (χ3n) is 3.41. The topological polar surface area (TPSA) is 54.0 Å². The summed E-state index contributed by atoms with van der Waals surface area (Å²) in [5.74, 6) is -0.0127. The lowest BCUT2D eigenvalue weighted by Gasteiger charge is -2.05.